The van der Waals surface area contributed by atoms with Gasteiger partial charge in [0.1, 0.15) is 6.54 Å². The molecule has 3 heterocycles. The number of carbonyl (C=O) groups excluding carboxylic acids is 1. The van der Waals surface area contributed by atoms with Crippen LogP contribution in [0.5, 0.6) is 0 Å². The first-order valence-corrected chi connectivity index (χ1v) is 13.0. The number of rotatable bonds is 7. The number of anilines is 1. The molecule has 2 aromatic carbocycles. The molecule has 4 aromatic rings. The molecule has 1 aliphatic rings. The van der Waals surface area contributed by atoms with Gasteiger partial charge in [-0.1, -0.05) is 49.4 Å². The lowest BCUT2D eigenvalue weighted by atomic mass is 9.96. The number of hydrogen-bond acceptors (Lipinski definition) is 3. The van der Waals surface area contributed by atoms with Crippen molar-refractivity contribution >= 4 is 28.9 Å². The van der Waals surface area contributed by atoms with Crippen molar-refractivity contribution in [2.45, 2.75) is 39.3 Å². The molecule has 1 amide bonds. The minimum absolute atomic E-state index is 0.118. The number of benzene rings is 2. The Kier molecular flexibility index (Phi) is 7.06. The molecule has 1 fully saturated rings. The van der Waals surface area contributed by atoms with Gasteiger partial charge in [-0.3, -0.25) is 9.78 Å². The highest BCUT2D eigenvalue weighted by atomic mass is 32.1. The van der Waals surface area contributed by atoms with Crippen molar-refractivity contribution in [1.82, 2.24) is 19.8 Å². The zero-order chi connectivity index (χ0) is 25.9. The van der Waals surface area contributed by atoms with Crippen molar-refractivity contribution in [3.05, 3.63) is 113 Å². The third-order valence-electron chi connectivity index (χ3n) is 6.97. The number of nitrogens with zero attached hydrogens (tertiary/aromatic N) is 3. The SMILES string of the molecule is CCc1ccccc1-n1c(C)cc([C@@H]2[C@@H](c3ccccn3)NC(=S)N2CC(=O)Nc2ccccc2)c1C. The van der Waals surface area contributed by atoms with Crippen molar-refractivity contribution in [2.75, 3.05) is 11.9 Å². The van der Waals surface area contributed by atoms with Crippen LogP contribution in [0.4, 0.5) is 5.69 Å². The van der Waals surface area contributed by atoms with E-state index in [1.165, 1.54) is 11.3 Å². The summed E-state index contributed by atoms with van der Waals surface area (Å²) in [5.41, 5.74) is 7.51. The van der Waals surface area contributed by atoms with Crippen LogP contribution >= 0.6 is 12.2 Å². The highest BCUT2D eigenvalue weighted by molar-refractivity contribution is 7.80. The molecule has 0 saturated carbocycles. The molecule has 37 heavy (non-hydrogen) atoms. The Morgan fingerprint density at radius 2 is 1.76 bits per heavy atom. The second-order valence-corrected chi connectivity index (χ2v) is 9.70. The number of amides is 1. The topological polar surface area (TPSA) is 62.2 Å². The average Bonchev–Trinajstić information content (AvgIpc) is 3.39. The molecule has 0 spiro atoms. The number of nitrogens with one attached hydrogen (secondary N) is 2. The first kappa shape index (κ1) is 24.7. The summed E-state index contributed by atoms with van der Waals surface area (Å²) in [6, 6.07) is 25.7. The second kappa shape index (κ2) is 10.6. The van der Waals surface area contributed by atoms with Gasteiger partial charge >= 0.3 is 0 Å². The van der Waals surface area contributed by atoms with Gasteiger partial charge in [0.05, 0.1) is 17.8 Å². The predicted molar refractivity (Wildman–Crippen MR) is 152 cm³/mol. The van der Waals surface area contributed by atoms with Crippen molar-refractivity contribution in [1.29, 1.82) is 0 Å². The lowest BCUT2D eigenvalue weighted by Gasteiger charge is -2.27. The van der Waals surface area contributed by atoms with E-state index in [0.717, 1.165) is 34.8 Å². The molecular formula is C30H31N5OS. The van der Waals surface area contributed by atoms with Gasteiger partial charge in [0, 0.05) is 29.0 Å². The molecule has 0 unspecified atom stereocenters. The zero-order valence-electron chi connectivity index (χ0n) is 21.3. The maximum atomic E-state index is 13.1. The van der Waals surface area contributed by atoms with Gasteiger partial charge < -0.3 is 20.1 Å². The number of hydrogen-bond donors (Lipinski definition) is 2. The molecule has 0 bridgehead atoms. The Morgan fingerprint density at radius 3 is 2.49 bits per heavy atom. The van der Waals surface area contributed by atoms with Crippen LogP contribution < -0.4 is 10.6 Å². The van der Waals surface area contributed by atoms with Gasteiger partial charge in [0.25, 0.3) is 0 Å². The summed E-state index contributed by atoms with van der Waals surface area (Å²) < 4.78 is 2.31. The highest BCUT2D eigenvalue weighted by Gasteiger charge is 2.42. The fourth-order valence-corrected chi connectivity index (χ4v) is 5.58. The Hall–Kier alpha value is -3.97. The molecule has 2 atom stereocenters. The van der Waals surface area contributed by atoms with Gasteiger partial charge in [-0.2, -0.15) is 0 Å². The molecular weight excluding hydrogens is 478 g/mol. The molecule has 6 nitrogen and oxygen atoms in total. The number of aromatic nitrogens is 2. The van der Waals surface area contributed by atoms with E-state index in [2.05, 4.69) is 71.3 Å². The number of carbonyl (C=O) groups is 1. The molecule has 0 radical (unpaired) electrons. The summed E-state index contributed by atoms with van der Waals surface area (Å²) in [7, 11) is 0. The first-order valence-electron chi connectivity index (χ1n) is 12.6. The number of pyridine rings is 1. The quantitative estimate of drug-likeness (QED) is 0.315. The van der Waals surface area contributed by atoms with E-state index >= 15 is 0 Å². The van der Waals surface area contributed by atoms with E-state index in [1.54, 1.807) is 6.20 Å². The van der Waals surface area contributed by atoms with E-state index in [0.29, 0.717) is 5.11 Å². The smallest absolute Gasteiger partial charge is 0.244 e. The van der Waals surface area contributed by atoms with Crippen LogP contribution in [0.3, 0.4) is 0 Å². The molecule has 7 heteroatoms. The summed E-state index contributed by atoms with van der Waals surface area (Å²) in [5, 5.41) is 7.01. The first-order chi connectivity index (χ1) is 18.0. The second-order valence-electron chi connectivity index (χ2n) is 9.31. The van der Waals surface area contributed by atoms with Crippen LogP contribution in [0.15, 0.2) is 85.1 Å². The Balaban J connectivity index is 1.56. The molecule has 188 valence electrons. The Bertz CT molecular complexity index is 1420. The summed E-state index contributed by atoms with van der Waals surface area (Å²) in [5.74, 6) is -0.118. The normalized spacial score (nSPS) is 17.1. The van der Waals surface area contributed by atoms with Gasteiger partial charge in [-0.05, 0) is 80.0 Å². The zero-order valence-corrected chi connectivity index (χ0v) is 22.1. The standard InChI is InChI=1S/C30H31N5OS/c1-4-22-12-8-9-16-26(22)35-20(2)18-24(21(35)3)29-28(25-15-10-11-17-31-25)33-30(37)34(29)19-27(36)32-23-13-6-5-7-14-23/h5-18,28-29H,4,19H2,1-3H3,(H,32,36)(H,33,37)/t28-,29-/m1/s1. The highest BCUT2D eigenvalue weighted by Crippen LogP contribution is 2.41. The van der Waals surface area contributed by atoms with Crippen molar-refractivity contribution in [3.63, 3.8) is 0 Å². The van der Waals surface area contributed by atoms with Crippen LogP contribution in [0.1, 0.15) is 47.2 Å². The minimum Gasteiger partial charge on any atom is -0.352 e. The third-order valence-corrected chi connectivity index (χ3v) is 7.32. The van der Waals surface area contributed by atoms with E-state index in [1.807, 2.05) is 53.4 Å². The van der Waals surface area contributed by atoms with Gasteiger partial charge in [-0.15, -0.1) is 0 Å². The number of para-hydroxylation sites is 2. The summed E-state index contributed by atoms with van der Waals surface area (Å²) in [4.78, 5) is 19.8. The average molecular weight is 510 g/mol. The van der Waals surface area contributed by atoms with E-state index < -0.39 is 0 Å². The van der Waals surface area contributed by atoms with Crippen LogP contribution in [0.2, 0.25) is 0 Å². The fraction of sp³-hybridized carbons (Fsp3) is 0.233. The molecule has 1 saturated heterocycles. The monoisotopic (exact) mass is 509 g/mol. The number of aryl methyl sites for hydroxylation is 2. The van der Waals surface area contributed by atoms with Crippen LogP contribution in [-0.4, -0.2) is 32.0 Å². The fourth-order valence-electron chi connectivity index (χ4n) is 5.28. The molecule has 0 aliphatic carbocycles. The molecule has 5 rings (SSSR count). The predicted octanol–water partition coefficient (Wildman–Crippen LogP) is 5.66. The number of thiocarbonyl (C=S) groups is 1. The summed E-state index contributed by atoms with van der Waals surface area (Å²) >= 11 is 5.79. The maximum Gasteiger partial charge on any atom is 0.244 e. The lowest BCUT2D eigenvalue weighted by molar-refractivity contribution is -0.116. The van der Waals surface area contributed by atoms with Gasteiger partial charge in [0.15, 0.2) is 5.11 Å². The van der Waals surface area contributed by atoms with E-state index in [4.69, 9.17) is 12.2 Å². The van der Waals surface area contributed by atoms with Gasteiger partial charge in [0.2, 0.25) is 5.91 Å². The van der Waals surface area contributed by atoms with Gasteiger partial charge in [-0.25, -0.2) is 0 Å². The summed E-state index contributed by atoms with van der Waals surface area (Å²) in [6.07, 6.45) is 2.74. The van der Waals surface area contributed by atoms with Crippen LogP contribution in [0, 0.1) is 13.8 Å². The van der Waals surface area contributed by atoms with Crippen LogP contribution in [0.25, 0.3) is 5.69 Å². The Morgan fingerprint density at radius 1 is 1.03 bits per heavy atom. The van der Waals surface area contributed by atoms with E-state index in [9.17, 15) is 4.79 Å². The molecule has 2 N–H and O–H groups in total. The maximum absolute atomic E-state index is 13.1. The van der Waals surface area contributed by atoms with E-state index in [-0.39, 0.29) is 24.5 Å². The molecule has 2 aromatic heterocycles. The minimum atomic E-state index is -0.197. The molecule has 1 aliphatic heterocycles. The van der Waals surface area contributed by atoms with Crippen molar-refractivity contribution in [3.8, 4) is 5.69 Å². The van der Waals surface area contributed by atoms with Crippen molar-refractivity contribution in [2.24, 2.45) is 0 Å². The summed E-state index contributed by atoms with van der Waals surface area (Å²) in [6.45, 7) is 6.58. The van der Waals surface area contributed by atoms with Crippen LogP contribution in [-0.2, 0) is 11.2 Å². The van der Waals surface area contributed by atoms with Crippen molar-refractivity contribution < 1.29 is 4.79 Å². The third kappa shape index (κ3) is 4.87. The largest absolute Gasteiger partial charge is 0.352 e. The Labute approximate surface area is 223 Å². The lowest BCUT2D eigenvalue weighted by Crippen LogP contribution is -2.37.